The first-order chi connectivity index (χ1) is 27.2. The molecule has 57 heavy (non-hydrogen) atoms. The first-order valence-corrected chi connectivity index (χ1v) is 19.0. The topological polar surface area (TPSA) is 253 Å². The minimum Gasteiger partial charge on any atom is -0.507 e. The van der Waals surface area contributed by atoms with Crippen molar-refractivity contribution >= 4 is 35.6 Å². The Morgan fingerprint density at radius 3 is 2.39 bits per heavy atom. The Labute approximate surface area is 330 Å². The van der Waals surface area contributed by atoms with Crippen LogP contribution in [0.3, 0.4) is 0 Å². The second-order valence-corrected chi connectivity index (χ2v) is 15.0. The van der Waals surface area contributed by atoms with Gasteiger partial charge in [0.1, 0.15) is 23.8 Å². The molecular formula is C41H52N6O10. The number of nitrogens with zero attached hydrogens (tertiary/aromatic N) is 2. The summed E-state index contributed by atoms with van der Waals surface area (Å²) < 4.78 is 6.03. The molecule has 1 saturated carbocycles. The number of aromatic nitrogens is 2. The summed E-state index contributed by atoms with van der Waals surface area (Å²) >= 11 is 0. The zero-order valence-corrected chi connectivity index (χ0v) is 32.2. The zero-order valence-electron chi connectivity index (χ0n) is 32.2. The highest BCUT2D eigenvalue weighted by Gasteiger charge is 2.54. The van der Waals surface area contributed by atoms with Gasteiger partial charge in [-0.2, -0.15) is 0 Å². The Kier molecular flexibility index (Phi) is 14.4. The number of carbonyl (C=O) groups is 4. The van der Waals surface area contributed by atoms with E-state index >= 15 is 0 Å². The summed E-state index contributed by atoms with van der Waals surface area (Å²) in [4.78, 5) is 59.1. The minimum absolute atomic E-state index is 0.0189. The molecule has 1 aromatic heterocycles. The van der Waals surface area contributed by atoms with Gasteiger partial charge in [0.25, 0.3) is 5.91 Å². The van der Waals surface area contributed by atoms with Crippen LogP contribution in [-0.4, -0.2) is 108 Å². The fourth-order valence-electron chi connectivity index (χ4n) is 7.45. The molecule has 2 heterocycles. The lowest BCUT2D eigenvalue weighted by molar-refractivity contribution is -0.226. The van der Waals surface area contributed by atoms with Gasteiger partial charge in [-0.15, -0.1) is 0 Å². The monoisotopic (exact) mass is 788 g/mol. The predicted molar refractivity (Wildman–Crippen MR) is 209 cm³/mol. The maximum Gasteiger partial charge on any atom is 0.336 e. The summed E-state index contributed by atoms with van der Waals surface area (Å²) in [6.07, 6.45) is 3.98. The Morgan fingerprint density at radius 2 is 1.74 bits per heavy atom. The van der Waals surface area contributed by atoms with Crippen molar-refractivity contribution in [2.45, 2.75) is 108 Å². The fraction of sp³-hybridized carbons (Fsp3) is 0.463. The van der Waals surface area contributed by atoms with Crippen molar-refractivity contribution in [1.82, 2.24) is 25.9 Å². The van der Waals surface area contributed by atoms with Crippen molar-refractivity contribution in [2.24, 2.45) is 5.92 Å². The highest BCUT2D eigenvalue weighted by Crippen LogP contribution is 2.36. The summed E-state index contributed by atoms with van der Waals surface area (Å²) in [5.41, 5.74) is 0.634. The number of anilines is 1. The summed E-state index contributed by atoms with van der Waals surface area (Å²) in [6.45, 7) is 4.26. The lowest BCUT2D eigenvalue weighted by Crippen LogP contribution is -2.67. The number of phenols is 1. The molecule has 5 rings (SSSR count). The number of amides is 3. The van der Waals surface area contributed by atoms with Crippen LogP contribution in [0, 0.1) is 19.8 Å². The molecule has 9 N–H and O–H groups in total. The largest absolute Gasteiger partial charge is 0.507 e. The van der Waals surface area contributed by atoms with Crippen molar-refractivity contribution in [3.8, 4) is 5.75 Å². The van der Waals surface area contributed by atoms with E-state index in [0.717, 1.165) is 31.2 Å². The van der Waals surface area contributed by atoms with E-state index < -0.39 is 66.8 Å². The number of aliphatic hydroxyl groups is 3. The minimum atomic E-state index is -2.06. The molecule has 6 atom stereocenters. The lowest BCUT2D eigenvalue weighted by atomic mass is 9.81. The summed E-state index contributed by atoms with van der Waals surface area (Å²) in [5.74, 6) is -1.97. The number of hydrogen-bond acceptors (Lipinski definition) is 12. The Bertz CT molecular complexity index is 1900. The molecule has 1 aliphatic heterocycles. The number of carbonyl (C=O) groups excluding carboxylic acids is 3. The number of aliphatic carboxylic acids is 1. The number of rotatable bonds is 15. The van der Waals surface area contributed by atoms with Crippen LogP contribution in [0.1, 0.15) is 78.1 Å². The van der Waals surface area contributed by atoms with Gasteiger partial charge in [0.15, 0.2) is 5.60 Å². The number of hydrogen-bond donors (Lipinski definition) is 9. The van der Waals surface area contributed by atoms with E-state index in [-0.39, 0.29) is 35.6 Å². The van der Waals surface area contributed by atoms with E-state index in [9.17, 15) is 44.7 Å². The summed E-state index contributed by atoms with van der Waals surface area (Å²) in [5, 5.41) is 65.2. The van der Waals surface area contributed by atoms with Crippen LogP contribution < -0.4 is 21.3 Å². The fourth-order valence-corrected chi connectivity index (χ4v) is 7.45. The van der Waals surface area contributed by atoms with Crippen molar-refractivity contribution < 1.29 is 49.4 Å². The molecule has 2 aromatic carbocycles. The van der Waals surface area contributed by atoms with Crippen molar-refractivity contribution in [3.05, 3.63) is 88.9 Å². The molecule has 306 valence electrons. The van der Waals surface area contributed by atoms with Crippen molar-refractivity contribution in [3.63, 3.8) is 0 Å². The maximum atomic E-state index is 13.0. The Morgan fingerprint density at radius 1 is 1.02 bits per heavy atom. The van der Waals surface area contributed by atoms with Crippen molar-refractivity contribution in [1.29, 1.82) is 0 Å². The average molecular weight is 789 g/mol. The second kappa shape index (κ2) is 19.1. The molecule has 16 nitrogen and oxygen atoms in total. The number of aromatic hydroxyl groups is 1. The number of carboxylic acids is 1. The maximum absolute atomic E-state index is 13.0. The van der Waals surface area contributed by atoms with Gasteiger partial charge in [0.2, 0.25) is 11.8 Å². The number of nitrogens with one attached hydrogen (secondary N) is 4. The standard InChI is InChI=1S/C41H52N6O10/c1-23-16-29(17-24(2)35(23)51)39(54)45-21-32(50)36(52)37-34(46-25(3)48)31(49)19-41(57-37,40(55)56)13-5-8-26-6-4-7-27(18-26)20-44-38(53)28-9-11-30(12-10-28)47-33-22-42-14-15-43-33/h4-8,14-18,22,28,30-32,34,36-37,49-52H,9-13,19-21H2,1-3H3,(H,43,47)(H,44,53)(H,45,54)(H,46,48)(H,55,56)/b8-5+/t28?,30?,31-,32+,34+,36+,37+,41+/m0/s1. The predicted octanol–water partition coefficient (Wildman–Crippen LogP) is 2.12. The van der Waals surface area contributed by atoms with Crippen LogP contribution in [0.5, 0.6) is 5.75 Å². The SMILES string of the molecule is CC(=O)N[C@H]1[C@H]([C@H](O)[C@H](O)CNC(=O)c2cc(C)c(O)c(C)c2)O[C@@](C/C=C/c2cccc(CNC(=O)C3CCC(Nc4cnccn4)CC3)c2)(C(=O)O)C[C@@H]1O. The van der Waals surface area contributed by atoms with Gasteiger partial charge in [-0.3, -0.25) is 19.4 Å². The van der Waals surface area contributed by atoms with E-state index in [1.165, 1.54) is 19.1 Å². The highest BCUT2D eigenvalue weighted by atomic mass is 16.6. The van der Waals surface area contributed by atoms with Gasteiger partial charge < -0.3 is 51.5 Å². The molecule has 3 amide bonds. The van der Waals surface area contributed by atoms with Crippen LogP contribution in [0.4, 0.5) is 5.82 Å². The van der Waals surface area contributed by atoms with Crippen LogP contribution in [-0.2, 0) is 25.7 Å². The first-order valence-electron chi connectivity index (χ1n) is 19.0. The third kappa shape index (κ3) is 11.1. The molecule has 0 bridgehead atoms. The molecule has 2 fully saturated rings. The number of aliphatic hydroxyl groups excluding tert-OH is 3. The van der Waals surface area contributed by atoms with Gasteiger partial charge in [0.05, 0.1) is 24.4 Å². The van der Waals surface area contributed by atoms with E-state index in [2.05, 4.69) is 31.2 Å². The van der Waals surface area contributed by atoms with E-state index in [0.29, 0.717) is 29.1 Å². The molecule has 2 aliphatic rings. The number of ether oxygens (including phenoxy) is 1. The van der Waals surface area contributed by atoms with E-state index in [1.54, 1.807) is 44.6 Å². The van der Waals surface area contributed by atoms with Crippen LogP contribution >= 0.6 is 0 Å². The molecule has 1 aliphatic carbocycles. The summed E-state index contributed by atoms with van der Waals surface area (Å²) in [6, 6.07) is 9.21. The Balaban J connectivity index is 1.19. The smallest absolute Gasteiger partial charge is 0.336 e. The van der Waals surface area contributed by atoms with E-state index in [1.807, 2.05) is 24.3 Å². The third-order valence-electron chi connectivity index (χ3n) is 10.6. The quantitative estimate of drug-likeness (QED) is 0.107. The molecule has 0 unspecified atom stereocenters. The normalized spacial score (nSPS) is 24.6. The third-order valence-corrected chi connectivity index (χ3v) is 10.6. The second-order valence-electron chi connectivity index (χ2n) is 15.0. The van der Waals surface area contributed by atoms with Crippen LogP contribution in [0.15, 0.2) is 61.1 Å². The van der Waals surface area contributed by atoms with Gasteiger partial charge in [-0.1, -0.05) is 30.4 Å². The van der Waals surface area contributed by atoms with Crippen LogP contribution in [0.2, 0.25) is 0 Å². The molecular weight excluding hydrogens is 736 g/mol. The highest BCUT2D eigenvalue weighted by molar-refractivity contribution is 5.95. The molecule has 0 radical (unpaired) electrons. The van der Waals surface area contributed by atoms with Gasteiger partial charge in [-0.05, 0) is 80.0 Å². The van der Waals surface area contributed by atoms with Gasteiger partial charge in [-0.25, -0.2) is 9.78 Å². The summed E-state index contributed by atoms with van der Waals surface area (Å²) in [7, 11) is 0. The van der Waals surface area contributed by atoms with Gasteiger partial charge >= 0.3 is 5.97 Å². The zero-order chi connectivity index (χ0) is 41.3. The Hall–Kier alpha value is -5.42. The van der Waals surface area contributed by atoms with Gasteiger partial charge in [0, 0.05) is 62.8 Å². The average Bonchev–Trinajstić information content (AvgIpc) is 3.19. The molecule has 0 spiro atoms. The lowest BCUT2D eigenvalue weighted by Gasteiger charge is -2.47. The number of aryl methyl sites for hydroxylation is 2. The first kappa shape index (κ1) is 42.7. The van der Waals surface area contributed by atoms with E-state index in [4.69, 9.17) is 4.74 Å². The van der Waals surface area contributed by atoms with Crippen LogP contribution in [0.25, 0.3) is 6.08 Å². The molecule has 1 saturated heterocycles. The number of benzene rings is 2. The molecule has 16 heteroatoms. The van der Waals surface area contributed by atoms with Crippen molar-refractivity contribution in [2.75, 3.05) is 11.9 Å². The number of phenolic OH excluding ortho intramolecular Hbond substituents is 1. The number of carboxylic acid groups (broad SMARTS) is 1. The molecule has 3 aromatic rings.